The number of aromatic nitrogens is 1. The summed E-state index contributed by atoms with van der Waals surface area (Å²) in [5, 5.41) is 10.3. The minimum Gasteiger partial charge on any atom is -0.491 e. The average Bonchev–Trinajstić information content (AvgIpc) is 3.16. The number of hydrogen-bond donors (Lipinski definition) is 2. The molecule has 1 amide bonds. The first-order chi connectivity index (χ1) is 15.1. The van der Waals surface area contributed by atoms with E-state index < -0.39 is 22.0 Å². The number of sulfonamides is 1. The van der Waals surface area contributed by atoms with Gasteiger partial charge in [-0.2, -0.15) is 4.31 Å². The summed E-state index contributed by atoms with van der Waals surface area (Å²) < 4.78 is 34.1. The lowest BCUT2D eigenvalue weighted by atomic mass is 10.1. The molecule has 0 aliphatic carbocycles. The highest BCUT2D eigenvalue weighted by Gasteiger charge is 2.30. The topological polar surface area (TPSA) is 135 Å². The molecule has 2 heterocycles. The lowest BCUT2D eigenvalue weighted by Gasteiger charge is -2.34. The maximum Gasteiger partial charge on any atom is 0.265 e. The largest absolute Gasteiger partial charge is 0.491 e. The number of β-amino-alcohol motifs (C(OH)–C–C–N with tert-alkyl or cyclic N) is 1. The Balaban J connectivity index is 1.51. The first kappa shape index (κ1) is 23.9. The van der Waals surface area contributed by atoms with E-state index in [1.54, 1.807) is 31.3 Å². The number of ketones is 1. The van der Waals surface area contributed by atoms with E-state index in [2.05, 4.69) is 0 Å². The quantitative estimate of drug-likeness (QED) is 0.502. The Morgan fingerprint density at radius 3 is 2.47 bits per heavy atom. The zero-order valence-electron chi connectivity index (χ0n) is 18.1. The van der Waals surface area contributed by atoms with E-state index >= 15 is 0 Å². The van der Waals surface area contributed by atoms with Gasteiger partial charge in [0.15, 0.2) is 5.78 Å². The molecular weight excluding hydrogens is 436 g/mol. The molecule has 0 radical (unpaired) electrons. The Kier molecular flexibility index (Phi) is 7.34. The van der Waals surface area contributed by atoms with Crippen molar-refractivity contribution in [2.75, 3.05) is 39.3 Å². The second kappa shape index (κ2) is 9.82. The zero-order valence-corrected chi connectivity index (χ0v) is 18.9. The molecule has 1 aromatic heterocycles. The van der Waals surface area contributed by atoms with Crippen LogP contribution >= 0.6 is 0 Å². The van der Waals surface area contributed by atoms with E-state index in [9.17, 15) is 23.1 Å². The highest BCUT2D eigenvalue weighted by Crippen LogP contribution is 2.20. The molecule has 0 unspecified atom stereocenters. The summed E-state index contributed by atoms with van der Waals surface area (Å²) in [5.41, 5.74) is 5.93. The Morgan fingerprint density at radius 1 is 1.19 bits per heavy atom. The van der Waals surface area contributed by atoms with Crippen molar-refractivity contribution < 1.29 is 27.9 Å². The monoisotopic (exact) mass is 464 g/mol. The van der Waals surface area contributed by atoms with Crippen molar-refractivity contribution in [2.45, 2.75) is 17.9 Å². The fourth-order valence-electron chi connectivity index (χ4n) is 3.57. The minimum absolute atomic E-state index is 0.0310. The van der Waals surface area contributed by atoms with Crippen LogP contribution in [0.15, 0.2) is 41.4 Å². The molecule has 10 nitrogen and oxygen atoms in total. The Hall–Kier alpha value is -2.73. The number of aliphatic hydroxyl groups excluding tert-OH is 1. The summed E-state index contributed by atoms with van der Waals surface area (Å²) in [7, 11) is -2.18. The van der Waals surface area contributed by atoms with Crippen molar-refractivity contribution >= 4 is 21.7 Å². The lowest BCUT2D eigenvalue weighted by molar-refractivity contribution is 0.0569. The van der Waals surface area contributed by atoms with E-state index in [0.717, 1.165) is 0 Å². The molecule has 1 saturated heterocycles. The predicted octanol–water partition coefficient (Wildman–Crippen LogP) is 0.0728. The molecule has 32 heavy (non-hydrogen) atoms. The molecule has 2 aromatic rings. The summed E-state index contributed by atoms with van der Waals surface area (Å²) >= 11 is 0. The number of nitrogens with zero attached hydrogens (tertiary/aromatic N) is 3. The maximum atomic E-state index is 12.9. The summed E-state index contributed by atoms with van der Waals surface area (Å²) in [6.45, 7) is 3.28. The third-order valence-corrected chi connectivity index (χ3v) is 7.22. The molecule has 1 atom stereocenters. The van der Waals surface area contributed by atoms with Gasteiger partial charge in [0.25, 0.3) is 5.91 Å². The van der Waals surface area contributed by atoms with Gasteiger partial charge in [0.05, 0.1) is 0 Å². The van der Waals surface area contributed by atoms with Crippen LogP contribution in [0, 0.1) is 0 Å². The van der Waals surface area contributed by atoms with Gasteiger partial charge in [-0.3, -0.25) is 14.5 Å². The molecule has 174 valence electrons. The number of amides is 1. The average molecular weight is 465 g/mol. The van der Waals surface area contributed by atoms with E-state index in [4.69, 9.17) is 10.5 Å². The number of carbonyl (C=O) groups is 2. The van der Waals surface area contributed by atoms with Crippen LogP contribution in [-0.4, -0.2) is 84.4 Å². The number of aliphatic hydroxyl groups is 1. The number of benzene rings is 1. The van der Waals surface area contributed by atoms with Gasteiger partial charge in [-0.05, 0) is 25.1 Å². The summed E-state index contributed by atoms with van der Waals surface area (Å²) in [6, 6.07) is 8.05. The first-order valence-electron chi connectivity index (χ1n) is 10.2. The number of Topliss-reactive ketones (excluding diaryl/α,β-unsaturated/α-hetero) is 1. The summed E-state index contributed by atoms with van der Waals surface area (Å²) in [5.74, 6) is -0.251. The SMILES string of the molecule is CC(=O)c1cccc(OC[C@H](O)CN2CCN(S(=O)(=O)c3cc(C(N)=O)n(C)c3)CC2)c1. The third-order valence-electron chi connectivity index (χ3n) is 5.35. The van der Waals surface area contributed by atoms with Crippen molar-refractivity contribution in [3.05, 3.63) is 47.8 Å². The van der Waals surface area contributed by atoms with Crippen molar-refractivity contribution in [2.24, 2.45) is 12.8 Å². The van der Waals surface area contributed by atoms with Crippen molar-refractivity contribution in [1.82, 2.24) is 13.8 Å². The smallest absolute Gasteiger partial charge is 0.265 e. The fourth-order valence-corrected chi connectivity index (χ4v) is 5.06. The summed E-state index contributed by atoms with van der Waals surface area (Å²) in [6.07, 6.45) is 0.607. The van der Waals surface area contributed by atoms with Gasteiger partial charge in [-0.15, -0.1) is 0 Å². The molecule has 3 N–H and O–H groups in total. The number of nitrogens with two attached hydrogens (primary N) is 1. The normalized spacial score (nSPS) is 16.6. The van der Waals surface area contributed by atoms with Crippen LogP contribution in [0.1, 0.15) is 27.8 Å². The molecule has 3 rings (SSSR count). The van der Waals surface area contributed by atoms with Crippen LogP contribution in [-0.2, 0) is 17.1 Å². The molecule has 0 bridgehead atoms. The molecule has 0 saturated carbocycles. The fraction of sp³-hybridized carbons (Fsp3) is 0.429. The van der Waals surface area contributed by atoms with Crippen LogP contribution in [0.2, 0.25) is 0 Å². The van der Waals surface area contributed by atoms with Crippen LogP contribution in [0.3, 0.4) is 0 Å². The molecule has 1 aliphatic rings. The van der Waals surface area contributed by atoms with E-state index in [1.807, 2.05) is 4.90 Å². The molecule has 0 spiro atoms. The number of piperazine rings is 1. The second-order valence-electron chi connectivity index (χ2n) is 7.79. The number of rotatable bonds is 9. The van der Waals surface area contributed by atoms with E-state index in [1.165, 1.54) is 28.1 Å². The maximum absolute atomic E-state index is 12.9. The molecule has 1 fully saturated rings. The van der Waals surface area contributed by atoms with Gasteiger partial charge in [-0.1, -0.05) is 12.1 Å². The van der Waals surface area contributed by atoms with E-state index in [0.29, 0.717) is 30.9 Å². The molecule has 11 heteroatoms. The van der Waals surface area contributed by atoms with Crippen LogP contribution in [0.5, 0.6) is 5.75 Å². The first-order valence-corrected chi connectivity index (χ1v) is 11.6. The summed E-state index contributed by atoms with van der Waals surface area (Å²) in [4.78, 5) is 24.9. The van der Waals surface area contributed by atoms with Crippen molar-refractivity contribution in [1.29, 1.82) is 0 Å². The van der Waals surface area contributed by atoms with Crippen molar-refractivity contribution in [3.63, 3.8) is 0 Å². The Morgan fingerprint density at radius 2 is 1.88 bits per heavy atom. The van der Waals surface area contributed by atoms with Gasteiger partial charge in [-0.25, -0.2) is 8.42 Å². The van der Waals surface area contributed by atoms with Crippen LogP contribution in [0.25, 0.3) is 0 Å². The predicted molar refractivity (Wildman–Crippen MR) is 117 cm³/mol. The number of primary amides is 1. The standard InChI is InChI=1S/C21H28N4O6S/c1-15(26)16-4-3-5-18(10-16)31-14-17(27)12-24-6-8-25(9-7-24)32(29,30)19-11-20(21(22)28)23(2)13-19/h3-5,10-11,13,17,27H,6-9,12,14H2,1-2H3,(H2,22,28)/t17-/m1/s1. The minimum atomic E-state index is -3.74. The molecule has 1 aromatic carbocycles. The molecule has 1 aliphatic heterocycles. The zero-order chi connectivity index (χ0) is 23.5. The highest BCUT2D eigenvalue weighted by atomic mass is 32.2. The molecular formula is C21H28N4O6S. The van der Waals surface area contributed by atoms with Gasteiger partial charge < -0.3 is 20.1 Å². The Bertz CT molecular complexity index is 1090. The van der Waals surface area contributed by atoms with Gasteiger partial charge in [0.2, 0.25) is 10.0 Å². The van der Waals surface area contributed by atoms with Crippen LogP contribution < -0.4 is 10.5 Å². The third kappa shape index (κ3) is 5.54. The van der Waals surface area contributed by atoms with Crippen molar-refractivity contribution in [3.8, 4) is 5.75 Å². The second-order valence-corrected chi connectivity index (χ2v) is 9.73. The van der Waals surface area contributed by atoms with E-state index in [-0.39, 0.29) is 36.1 Å². The Labute approximate surface area is 187 Å². The van der Waals surface area contributed by atoms with Crippen LogP contribution in [0.4, 0.5) is 0 Å². The lowest BCUT2D eigenvalue weighted by Crippen LogP contribution is -2.50. The van der Waals surface area contributed by atoms with Gasteiger partial charge in [0.1, 0.15) is 29.0 Å². The van der Waals surface area contributed by atoms with Gasteiger partial charge >= 0.3 is 0 Å². The number of aryl methyl sites for hydroxylation is 1. The number of carbonyl (C=O) groups excluding carboxylic acids is 2. The number of hydrogen-bond acceptors (Lipinski definition) is 7. The number of ether oxygens (including phenoxy) is 1. The highest BCUT2D eigenvalue weighted by molar-refractivity contribution is 7.89. The van der Waals surface area contributed by atoms with Gasteiger partial charge in [0, 0.05) is 51.5 Å².